The lowest BCUT2D eigenvalue weighted by Gasteiger charge is -2.07. The molecule has 0 bridgehead atoms. The van der Waals surface area contributed by atoms with E-state index in [1.165, 1.54) is 10.8 Å². The maximum absolute atomic E-state index is 12.2. The Kier molecular flexibility index (Phi) is 5.65. The maximum atomic E-state index is 12.2. The Balaban J connectivity index is 1.74. The van der Waals surface area contributed by atoms with Gasteiger partial charge in [-0.1, -0.05) is 11.6 Å². The molecule has 0 spiro atoms. The Labute approximate surface area is 166 Å². The molecule has 2 aromatic heterocycles. The third-order valence-electron chi connectivity index (χ3n) is 3.98. The number of hydrogen-bond acceptors (Lipinski definition) is 6. The van der Waals surface area contributed by atoms with E-state index in [4.69, 9.17) is 21.1 Å². The summed E-state index contributed by atoms with van der Waals surface area (Å²) in [5.74, 6) is 1.41. The van der Waals surface area contributed by atoms with Gasteiger partial charge in [-0.25, -0.2) is 0 Å². The summed E-state index contributed by atoms with van der Waals surface area (Å²) in [5.41, 5.74) is 2.09. The number of ether oxygens (including phenoxy) is 2. The molecule has 2 heterocycles. The Hall–Kier alpha value is -3.33. The Morgan fingerprint density at radius 3 is 2.75 bits per heavy atom. The van der Waals surface area contributed by atoms with Crippen LogP contribution in [0, 0.1) is 6.92 Å². The van der Waals surface area contributed by atoms with Crippen molar-refractivity contribution in [3.05, 3.63) is 40.7 Å². The van der Waals surface area contributed by atoms with Gasteiger partial charge in [0.25, 0.3) is 5.91 Å². The Bertz CT molecular complexity index is 1040. The van der Waals surface area contributed by atoms with Crippen LogP contribution in [0.5, 0.6) is 11.5 Å². The van der Waals surface area contributed by atoms with E-state index in [1.54, 1.807) is 45.5 Å². The highest BCUT2D eigenvalue weighted by Crippen LogP contribution is 2.31. The first kappa shape index (κ1) is 19.4. The average molecular weight is 403 g/mol. The maximum Gasteiger partial charge on any atom is 0.250 e. The van der Waals surface area contributed by atoms with Crippen LogP contribution in [0.4, 0.5) is 5.95 Å². The topological polar surface area (TPSA) is 107 Å². The van der Waals surface area contributed by atoms with E-state index in [9.17, 15) is 4.79 Å². The molecule has 0 fully saturated rings. The normalized spacial score (nSPS) is 11.0. The van der Waals surface area contributed by atoms with E-state index in [1.807, 2.05) is 6.92 Å². The lowest BCUT2D eigenvalue weighted by Crippen LogP contribution is -2.09. The van der Waals surface area contributed by atoms with Crippen molar-refractivity contribution in [1.82, 2.24) is 25.0 Å². The van der Waals surface area contributed by atoms with E-state index in [2.05, 4.69) is 25.6 Å². The monoisotopic (exact) mass is 402 g/mol. The van der Waals surface area contributed by atoms with Crippen molar-refractivity contribution in [2.24, 2.45) is 7.05 Å². The minimum atomic E-state index is -0.397. The molecular formula is C18H19ClN6O3. The summed E-state index contributed by atoms with van der Waals surface area (Å²) in [4.78, 5) is 16.4. The van der Waals surface area contributed by atoms with Gasteiger partial charge in [0.05, 0.1) is 25.5 Å². The van der Waals surface area contributed by atoms with Crippen molar-refractivity contribution in [1.29, 1.82) is 0 Å². The number of benzene rings is 1. The highest BCUT2D eigenvalue weighted by Gasteiger charge is 2.13. The molecule has 3 aromatic rings. The summed E-state index contributed by atoms with van der Waals surface area (Å²) in [7, 11) is 4.85. The fourth-order valence-electron chi connectivity index (χ4n) is 2.58. The number of H-pyrrole nitrogens is 1. The number of aryl methyl sites for hydroxylation is 2. The third kappa shape index (κ3) is 3.99. The number of rotatable bonds is 6. The number of halogens is 1. The predicted molar refractivity (Wildman–Crippen MR) is 106 cm³/mol. The first-order chi connectivity index (χ1) is 13.4. The molecule has 0 atom stereocenters. The van der Waals surface area contributed by atoms with Crippen LogP contribution in [0.15, 0.2) is 24.3 Å². The predicted octanol–water partition coefficient (Wildman–Crippen LogP) is 2.84. The van der Waals surface area contributed by atoms with Gasteiger partial charge in [0, 0.05) is 24.8 Å². The minimum absolute atomic E-state index is 0.136. The summed E-state index contributed by atoms with van der Waals surface area (Å²) >= 11 is 6.15. The van der Waals surface area contributed by atoms with E-state index < -0.39 is 5.91 Å². The van der Waals surface area contributed by atoms with Gasteiger partial charge in [0.1, 0.15) is 16.7 Å². The fraction of sp³-hybridized carbons (Fsp3) is 0.222. The van der Waals surface area contributed by atoms with Crippen LogP contribution in [0.3, 0.4) is 0 Å². The molecular weight excluding hydrogens is 384 g/mol. The highest BCUT2D eigenvalue weighted by atomic mass is 35.5. The van der Waals surface area contributed by atoms with Crippen molar-refractivity contribution >= 4 is 29.5 Å². The number of aromatic nitrogens is 5. The standard InChI is InChI=1S/C18H19ClN6O3/c1-10-12(16(19)25(2)24-10)7-8-15(26)20-18-21-17(22-23-18)13-6-5-11(27-3)9-14(13)28-4/h5-9H,1-4H3,(H2,20,21,22,23,26)/b8-7+. The van der Waals surface area contributed by atoms with Crippen LogP contribution in [0.2, 0.25) is 5.15 Å². The SMILES string of the molecule is COc1ccc(-c2nc(NC(=O)/C=C/c3c(C)nn(C)c3Cl)n[nH]2)c(OC)c1. The summed E-state index contributed by atoms with van der Waals surface area (Å²) in [5, 5.41) is 14.0. The molecule has 2 N–H and O–H groups in total. The van der Waals surface area contributed by atoms with Gasteiger partial charge >= 0.3 is 0 Å². The summed E-state index contributed by atoms with van der Waals surface area (Å²) < 4.78 is 12.1. The molecule has 0 saturated heterocycles. The molecule has 0 saturated carbocycles. The van der Waals surface area contributed by atoms with Crippen LogP contribution in [0.1, 0.15) is 11.3 Å². The van der Waals surface area contributed by atoms with Gasteiger partial charge < -0.3 is 9.47 Å². The first-order valence-electron chi connectivity index (χ1n) is 8.26. The van der Waals surface area contributed by atoms with Crippen molar-refractivity contribution in [3.63, 3.8) is 0 Å². The number of carbonyl (C=O) groups excluding carboxylic acids is 1. The zero-order valence-electron chi connectivity index (χ0n) is 15.8. The van der Waals surface area contributed by atoms with Crippen molar-refractivity contribution in [2.45, 2.75) is 6.92 Å². The second-order valence-corrected chi connectivity index (χ2v) is 6.17. The van der Waals surface area contributed by atoms with Crippen LogP contribution >= 0.6 is 11.6 Å². The van der Waals surface area contributed by atoms with Crippen LogP contribution in [-0.2, 0) is 11.8 Å². The molecule has 1 aromatic carbocycles. The molecule has 3 rings (SSSR count). The second kappa shape index (κ2) is 8.13. The lowest BCUT2D eigenvalue weighted by molar-refractivity contribution is -0.111. The Morgan fingerprint density at radius 1 is 1.32 bits per heavy atom. The molecule has 28 heavy (non-hydrogen) atoms. The molecule has 146 valence electrons. The molecule has 0 radical (unpaired) electrons. The first-order valence-corrected chi connectivity index (χ1v) is 8.63. The van der Waals surface area contributed by atoms with E-state index in [0.29, 0.717) is 33.6 Å². The van der Waals surface area contributed by atoms with Gasteiger partial charge in [-0.05, 0) is 25.1 Å². The summed E-state index contributed by atoms with van der Waals surface area (Å²) in [6.07, 6.45) is 2.94. The van der Waals surface area contributed by atoms with Crippen LogP contribution in [0.25, 0.3) is 17.5 Å². The highest BCUT2D eigenvalue weighted by molar-refractivity contribution is 6.31. The number of amides is 1. The van der Waals surface area contributed by atoms with Gasteiger partial charge in [0.15, 0.2) is 5.82 Å². The van der Waals surface area contributed by atoms with Crippen LogP contribution < -0.4 is 14.8 Å². The number of nitrogens with one attached hydrogen (secondary N) is 2. The number of nitrogens with zero attached hydrogens (tertiary/aromatic N) is 4. The van der Waals surface area contributed by atoms with Crippen molar-refractivity contribution in [2.75, 3.05) is 19.5 Å². The molecule has 0 aliphatic rings. The Morgan fingerprint density at radius 2 is 2.11 bits per heavy atom. The molecule has 0 unspecified atom stereocenters. The smallest absolute Gasteiger partial charge is 0.250 e. The zero-order valence-corrected chi connectivity index (χ0v) is 16.5. The van der Waals surface area contributed by atoms with Crippen molar-refractivity contribution < 1.29 is 14.3 Å². The van der Waals surface area contributed by atoms with Crippen molar-refractivity contribution in [3.8, 4) is 22.9 Å². The quantitative estimate of drug-likeness (QED) is 0.614. The van der Waals surface area contributed by atoms with Gasteiger partial charge in [-0.3, -0.25) is 19.9 Å². The molecule has 0 aliphatic heterocycles. The molecule has 0 aliphatic carbocycles. The molecule has 9 nitrogen and oxygen atoms in total. The van der Waals surface area contributed by atoms with Gasteiger partial charge in [-0.15, -0.1) is 5.10 Å². The summed E-state index contributed by atoms with van der Waals surface area (Å²) in [6, 6.07) is 5.30. The van der Waals surface area contributed by atoms with E-state index >= 15 is 0 Å². The zero-order chi connectivity index (χ0) is 20.3. The fourth-order valence-corrected chi connectivity index (χ4v) is 2.82. The number of aromatic amines is 1. The molecule has 1 amide bonds. The largest absolute Gasteiger partial charge is 0.497 e. The number of carbonyl (C=O) groups is 1. The average Bonchev–Trinajstić information content (AvgIpc) is 3.24. The minimum Gasteiger partial charge on any atom is -0.497 e. The number of anilines is 1. The summed E-state index contributed by atoms with van der Waals surface area (Å²) in [6.45, 7) is 1.81. The van der Waals surface area contributed by atoms with Crippen LogP contribution in [-0.4, -0.2) is 45.1 Å². The number of hydrogen-bond donors (Lipinski definition) is 2. The number of methoxy groups -OCH3 is 2. The van der Waals surface area contributed by atoms with Gasteiger partial charge in [-0.2, -0.15) is 10.1 Å². The second-order valence-electron chi connectivity index (χ2n) is 5.81. The van der Waals surface area contributed by atoms with Gasteiger partial charge in [0.2, 0.25) is 5.95 Å². The van der Waals surface area contributed by atoms with E-state index in [-0.39, 0.29) is 5.95 Å². The van der Waals surface area contributed by atoms with E-state index in [0.717, 1.165) is 5.69 Å². The lowest BCUT2D eigenvalue weighted by atomic mass is 10.2. The third-order valence-corrected chi connectivity index (χ3v) is 4.43. The molecule has 10 heteroatoms.